The molecular weight excluding hydrogens is 188 g/mol. The van der Waals surface area contributed by atoms with E-state index in [-0.39, 0.29) is 5.75 Å². The van der Waals surface area contributed by atoms with Crippen LogP contribution in [0.4, 0.5) is 0 Å². The molecule has 1 rings (SSSR count). The van der Waals surface area contributed by atoms with Crippen molar-refractivity contribution in [3.8, 4) is 5.75 Å². The fourth-order valence-corrected chi connectivity index (χ4v) is 1.31. The fraction of sp³-hybridized carbons (Fsp3) is 0.385. The zero-order valence-corrected chi connectivity index (χ0v) is 9.33. The third-order valence-corrected chi connectivity index (χ3v) is 2.73. The number of aryl methyl sites for hydroxylation is 1. The van der Waals surface area contributed by atoms with Crippen LogP contribution in [-0.4, -0.2) is 15.8 Å². The minimum absolute atomic E-state index is 0.266. The fourth-order valence-electron chi connectivity index (χ4n) is 1.31. The van der Waals surface area contributed by atoms with E-state index in [1.807, 2.05) is 13.0 Å². The van der Waals surface area contributed by atoms with Gasteiger partial charge in [0, 0.05) is 0 Å². The van der Waals surface area contributed by atoms with Crippen molar-refractivity contribution in [2.75, 3.05) is 0 Å². The molecule has 0 aliphatic rings. The van der Waals surface area contributed by atoms with Gasteiger partial charge in [-0.2, -0.15) is 0 Å². The molecule has 0 aliphatic carbocycles. The highest BCUT2D eigenvalue weighted by Gasteiger charge is 2.20. The molecule has 0 aliphatic heterocycles. The Bertz CT molecular complexity index is 353. The quantitative estimate of drug-likeness (QED) is 0.743. The summed E-state index contributed by atoms with van der Waals surface area (Å²) in [6.07, 6.45) is 1.35. The molecule has 0 bridgehead atoms. The summed E-state index contributed by atoms with van der Waals surface area (Å²) in [5.41, 5.74) is 0.963. The van der Waals surface area contributed by atoms with Gasteiger partial charge in [0.25, 0.3) is 0 Å². The van der Waals surface area contributed by atoms with Gasteiger partial charge in [0.1, 0.15) is 5.75 Å². The van der Waals surface area contributed by atoms with Gasteiger partial charge >= 0.3 is 0 Å². The topological polar surface area (TPSA) is 40.5 Å². The van der Waals surface area contributed by atoms with E-state index in [2.05, 4.69) is 6.58 Å². The van der Waals surface area contributed by atoms with Crippen LogP contribution in [0.25, 0.3) is 0 Å². The number of aromatic hydroxyl groups is 1. The standard InChI is InChI=1S/C13H18O2/c1-10(2)13(3,15)8-7-11-5-4-6-12(14)9-11/h4-6,9,14-15H,1,7-8H2,2-3H3. The molecule has 0 amide bonds. The molecule has 1 aromatic carbocycles. The molecular formula is C13H18O2. The lowest BCUT2D eigenvalue weighted by atomic mass is 9.91. The van der Waals surface area contributed by atoms with Gasteiger partial charge in [-0.1, -0.05) is 18.7 Å². The van der Waals surface area contributed by atoms with Crippen LogP contribution in [0.1, 0.15) is 25.8 Å². The van der Waals surface area contributed by atoms with Gasteiger partial charge in [-0.25, -0.2) is 0 Å². The van der Waals surface area contributed by atoms with Gasteiger partial charge in [-0.15, -0.1) is 0 Å². The summed E-state index contributed by atoms with van der Waals surface area (Å²) in [6.45, 7) is 7.34. The van der Waals surface area contributed by atoms with Crippen LogP contribution in [0.15, 0.2) is 36.4 Å². The number of phenols is 1. The molecule has 0 aromatic heterocycles. The summed E-state index contributed by atoms with van der Waals surface area (Å²) in [5.74, 6) is 0.266. The number of rotatable bonds is 4. The SMILES string of the molecule is C=C(C)C(C)(O)CCc1cccc(O)c1. The predicted molar refractivity (Wildman–Crippen MR) is 61.9 cm³/mol. The minimum atomic E-state index is -0.828. The molecule has 15 heavy (non-hydrogen) atoms. The van der Waals surface area contributed by atoms with E-state index in [4.69, 9.17) is 0 Å². The zero-order valence-electron chi connectivity index (χ0n) is 9.33. The van der Waals surface area contributed by atoms with Gasteiger partial charge < -0.3 is 10.2 Å². The summed E-state index contributed by atoms with van der Waals surface area (Å²) < 4.78 is 0. The van der Waals surface area contributed by atoms with Gasteiger partial charge in [0.05, 0.1) is 5.60 Å². The first-order valence-electron chi connectivity index (χ1n) is 5.08. The van der Waals surface area contributed by atoms with E-state index < -0.39 is 5.60 Å². The summed E-state index contributed by atoms with van der Waals surface area (Å²) in [5, 5.41) is 19.2. The van der Waals surface area contributed by atoms with Gasteiger partial charge in [0.15, 0.2) is 0 Å². The number of hydrogen-bond donors (Lipinski definition) is 2. The Labute approximate surface area is 90.9 Å². The van der Waals surface area contributed by atoms with Crippen molar-refractivity contribution in [2.45, 2.75) is 32.3 Å². The molecule has 0 fully saturated rings. The van der Waals surface area contributed by atoms with Crippen molar-refractivity contribution < 1.29 is 10.2 Å². The van der Waals surface area contributed by atoms with Crippen LogP contribution in [-0.2, 0) is 6.42 Å². The smallest absolute Gasteiger partial charge is 0.115 e. The Morgan fingerprint density at radius 3 is 2.67 bits per heavy atom. The predicted octanol–water partition coefficient (Wildman–Crippen LogP) is 2.65. The second kappa shape index (κ2) is 4.49. The molecule has 1 atom stereocenters. The summed E-state index contributed by atoms with van der Waals surface area (Å²) in [7, 11) is 0. The first kappa shape index (κ1) is 11.8. The lowest BCUT2D eigenvalue weighted by Gasteiger charge is -2.23. The maximum absolute atomic E-state index is 9.96. The molecule has 0 heterocycles. The highest BCUT2D eigenvalue weighted by atomic mass is 16.3. The van der Waals surface area contributed by atoms with Gasteiger partial charge in [-0.05, 0) is 50.0 Å². The third kappa shape index (κ3) is 3.40. The van der Waals surface area contributed by atoms with Crippen LogP contribution in [0.5, 0.6) is 5.75 Å². The molecule has 0 saturated heterocycles. The first-order chi connectivity index (χ1) is 6.92. The minimum Gasteiger partial charge on any atom is -0.508 e. The lowest BCUT2D eigenvalue weighted by Crippen LogP contribution is -2.25. The summed E-state index contributed by atoms with van der Waals surface area (Å²) in [4.78, 5) is 0. The second-order valence-electron chi connectivity index (χ2n) is 4.22. The van der Waals surface area contributed by atoms with Crippen molar-refractivity contribution in [1.29, 1.82) is 0 Å². The molecule has 2 N–H and O–H groups in total. The van der Waals surface area contributed by atoms with E-state index in [0.29, 0.717) is 6.42 Å². The Morgan fingerprint density at radius 2 is 2.13 bits per heavy atom. The number of phenolic OH excluding ortho intramolecular Hbond substituents is 1. The summed E-state index contributed by atoms with van der Waals surface area (Å²) in [6, 6.07) is 7.10. The molecule has 0 radical (unpaired) electrons. The van der Waals surface area contributed by atoms with Crippen LogP contribution in [0.2, 0.25) is 0 Å². The first-order valence-corrected chi connectivity index (χ1v) is 5.08. The average Bonchev–Trinajstić information content (AvgIpc) is 2.15. The monoisotopic (exact) mass is 206 g/mol. The van der Waals surface area contributed by atoms with E-state index in [1.54, 1.807) is 25.1 Å². The molecule has 82 valence electrons. The Kier molecular flexibility index (Phi) is 3.53. The van der Waals surface area contributed by atoms with E-state index in [1.165, 1.54) is 0 Å². The van der Waals surface area contributed by atoms with E-state index >= 15 is 0 Å². The normalized spacial score (nSPS) is 14.6. The molecule has 1 unspecified atom stereocenters. The van der Waals surface area contributed by atoms with E-state index in [0.717, 1.165) is 17.6 Å². The highest BCUT2D eigenvalue weighted by Crippen LogP contribution is 2.22. The maximum Gasteiger partial charge on any atom is 0.115 e. The van der Waals surface area contributed by atoms with Crippen LogP contribution in [0.3, 0.4) is 0 Å². The molecule has 2 nitrogen and oxygen atoms in total. The Balaban J connectivity index is 2.61. The molecule has 0 spiro atoms. The van der Waals surface area contributed by atoms with Crippen molar-refractivity contribution in [2.24, 2.45) is 0 Å². The van der Waals surface area contributed by atoms with Crippen LogP contribution >= 0.6 is 0 Å². The zero-order chi connectivity index (χ0) is 11.5. The van der Waals surface area contributed by atoms with Gasteiger partial charge in [0.2, 0.25) is 0 Å². The van der Waals surface area contributed by atoms with Crippen molar-refractivity contribution in [3.05, 3.63) is 42.0 Å². The van der Waals surface area contributed by atoms with Crippen molar-refractivity contribution in [3.63, 3.8) is 0 Å². The third-order valence-electron chi connectivity index (χ3n) is 2.73. The lowest BCUT2D eigenvalue weighted by molar-refractivity contribution is 0.0898. The average molecular weight is 206 g/mol. The van der Waals surface area contributed by atoms with Gasteiger partial charge in [-0.3, -0.25) is 0 Å². The number of aliphatic hydroxyl groups is 1. The Hall–Kier alpha value is -1.28. The largest absolute Gasteiger partial charge is 0.508 e. The summed E-state index contributed by atoms with van der Waals surface area (Å²) >= 11 is 0. The maximum atomic E-state index is 9.96. The van der Waals surface area contributed by atoms with Crippen LogP contribution in [0, 0.1) is 0 Å². The second-order valence-corrected chi connectivity index (χ2v) is 4.22. The van der Waals surface area contributed by atoms with Crippen molar-refractivity contribution in [1.82, 2.24) is 0 Å². The number of benzene rings is 1. The number of hydrogen-bond acceptors (Lipinski definition) is 2. The Morgan fingerprint density at radius 1 is 1.47 bits per heavy atom. The van der Waals surface area contributed by atoms with E-state index in [9.17, 15) is 10.2 Å². The molecule has 1 aromatic rings. The van der Waals surface area contributed by atoms with Crippen molar-refractivity contribution >= 4 is 0 Å². The molecule has 2 heteroatoms. The highest BCUT2D eigenvalue weighted by molar-refractivity contribution is 5.27. The molecule has 0 saturated carbocycles. The van der Waals surface area contributed by atoms with Crippen LogP contribution < -0.4 is 0 Å².